The van der Waals surface area contributed by atoms with Gasteiger partial charge in [0.25, 0.3) is 0 Å². The van der Waals surface area contributed by atoms with Crippen molar-refractivity contribution in [1.29, 1.82) is 0 Å². The van der Waals surface area contributed by atoms with Crippen molar-refractivity contribution in [2.45, 2.75) is 11.4 Å². The van der Waals surface area contributed by atoms with Crippen LogP contribution in [-0.2, 0) is 16.6 Å². The molecule has 2 aromatic carbocycles. The smallest absolute Gasteiger partial charge is 0.246 e. The number of nitrogens with zero attached hydrogens (tertiary/aromatic N) is 1. The lowest BCUT2D eigenvalue weighted by Crippen LogP contribution is -3.13. The van der Waals surface area contributed by atoms with Gasteiger partial charge in [-0.3, -0.25) is 0 Å². The Morgan fingerprint density at radius 1 is 1.08 bits per heavy atom. The van der Waals surface area contributed by atoms with Gasteiger partial charge in [-0.2, -0.15) is 4.31 Å². The first-order chi connectivity index (χ1) is 11.9. The maximum atomic E-state index is 13.8. The van der Waals surface area contributed by atoms with E-state index in [4.69, 9.17) is 11.6 Å². The van der Waals surface area contributed by atoms with Crippen LogP contribution in [0.25, 0.3) is 0 Å². The summed E-state index contributed by atoms with van der Waals surface area (Å²) >= 11 is 5.98. The Kier molecular flexibility index (Phi) is 5.38. The summed E-state index contributed by atoms with van der Waals surface area (Å²) in [6.45, 7) is 2.43. The SMILES string of the molecule is O=S(=O)(c1cc(F)ccc1F)N1CC[NH+](Cc2cccc(Cl)c2)CC1. The van der Waals surface area contributed by atoms with E-state index in [9.17, 15) is 17.2 Å². The molecule has 1 aliphatic rings. The van der Waals surface area contributed by atoms with Crippen LogP contribution in [0, 0.1) is 11.6 Å². The fraction of sp³-hybridized carbons (Fsp3) is 0.294. The Hall–Kier alpha value is -1.54. The summed E-state index contributed by atoms with van der Waals surface area (Å²) in [5.74, 6) is -1.71. The van der Waals surface area contributed by atoms with E-state index >= 15 is 0 Å². The number of rotatable bonds is 4. The highest BCUT2D eigenvalue weighted by Crippen LogP contribution is 2.20. The third kappa shape index (κ3) is 4.17. The molecule has 0 amide bonds. The fourth-order valence-electron chi connectivity index (χ4n) is 2.97. The van der Waals surface area contributed by atoms with Gasteiger partial charge in [-0.05, 0) is 30.3 Å². The average Bonchev–Trinajstić information content (AvgIpc) is 2.57. The van der Waals surface area contributed by atoms with E-state index in [0.717, 1.165) is 30.3 Å². The second-order valence-electron chi connectivity index (χ2n) is 6.04. The molecular formula is C17H18ClF2N2O2S+. The zero-order valence-corrected chi connectivity index (χ0v) is 15.0. The van der Waals surface area contributed by atoms with Gasteiger partial charge in [0.15, 0.2) is 0 Å². The Morgan fingerprint density at radius 3 is 2.48 bits per heavy atom. The van der Waals surface area contributed by atoms with Gasteiger partial charge in [-0.15, -0.1) is 0 Å². The molecule has 0 saturated carbocycles. The summed E-state index contributed by atoms with van der Waals surface area (Å²) in [6, 6.07) is 10.0. The first-order valence-electron chi connectivity index (χ1n) is 7.89. The Labute approximate surface area is 150 Å². The summed E-state index contributed by atoms with van der Waals surface area (Å²) in [4.78, 5) is 0.610. The van der Waals surface area contributed by atoms with Crippen LogP contribution in [0.3, 0.4) is 0 Å². The molecule has 3 rings (SSSR count). The number of benzene rings is 2. The third-order valence-electron chi connectivity index (χ3n) is 4.28. The molecule has 25 heavy (non-hydrogen) atoms. The van der Waals surface area contributed by atoms with Gasteiger partial charge >= 0.3 is 0 Å². The van der Waals surface area contributed by atoms with Crippen LogP contribution in [0.15, 0.2) is 47.4 Å². The van der Waals surface area contributed by atoms with Crippen molar-refractivity contribution in [3.8, 4) is 0 Å². The zero-order chi connectivity index (χ0) is 18.0. The highest BCUT2D eigenvalue weighted by molar-refractivity contribution is 7.89. The molecule has 8 heteroatoms. The quantitative estimate of drug-likeness (QED) is 0.867. The highest BCUT2D eigenvalue weighted by Gasteiger charge is 2.32. The number of piperazine rings is 1. The maximum Gasteiger partial charge on any atom is 0.246 e. The van der Waals surface area contributed by atoms with Crippen LogP contribution in [0.4, 0.5) is 8.78 Å². The van der Waals surface area contributed by atoms with Crippen molar-refractivity contribution in [2.24, 2.45) is 0 Å². The average molecular weight is 388 g/mol. The second kappa shape index (κ2) is 7.37. The molecule has 1 heterocycles. The minimum atomic E-state index is -4.03. The van der Waals surface area contributed by atoms with Crippen molar-refractivity contribution in [2.75, 3.05) is 26.2 Å². The molecule has 1 N–H and O–H groups in total. The number of halogens is 3. The van der Waals surface area contributed by atoms with Crippen LogP contribution in [0.1, 0.15) is 5.56 Å². The minimum absolute atomic E-state index is 0.258. The number of nitrogens with one attached hydrogen (secondary N) is 1. The van der Waals surface area contributed by atoms with E-state index in [1.807, 2.05) is 18.2 Å². The summed E-state index contributed by atoms with van der Waals surface area (Å²) in [7, 11) is -4.03. The van der Waals surface area contributed by atoms with Gasteiger partial charge in [0.05, 0.1) is 26.2 Å². The van der Waals surface area contributed by atoms with E-state index in [1.54, 1.807) is 6.07 Å². The third-order valence-corrected chi connectivity index (χ3v) is 6.43. The fourth-order valence-corrected chi connectivity index (χ4v) is 4.70. The number of quaternary nitrogens is 1. The molecule has 0 atom stereocenters. The molecule has 1 fully saturated rings. The lowest BCUT2D eigenvalue weighted by atomic mass is 10.2. The van der Waals surface area contributed by atoms with Gasteiger partial charge < -0.3 is 4.90 Å². The zero-order valence-electron chi connectivity index (χ0n) is 13.4. The second-order valence-corrected chi connectivity index (χ2v) is 8.38. The molecule has 2 aromatic rings. The molecule has 1 aliphatic heterocycles. The summed E-state index contributed by atoms with van der Waals surface area (Å²) in [6.07, 6.45) is 0. The van der Waals surface area contributed by atoms with Gasteiger partial charge in [-0.25, -0.2) is 17.2 Å². The highest BCUT2D eigenvalue weighted by atomic mass is 35.5. The molecule has 0 spiro atoms. The molecule has 1 saturated heterocycles. The molecule has 134 valence electrons. The first-order valence-corrected chi connectivity index (χ1v) is 9.71. The van der Waals surface area contributed by atoms with E-state index in [-0.39, 0.29) is 13.1 Å². The van der Waals surface area contributed by atoms with Gasteiger partial charge in [0, 0.05) is 10.6 Å². The van der Waals surface area contributed by atoms with Crippen LogP contribution >= 0.6 is 11.6 Å². The molecule has 0 aromatic heterocycles. The predicted molar refractivity (Wildman–Crippen MR) is 91.0 cm³/mol. The van der Waals surface area contributed by atoms with E-state index in [0.29, 0.717) is 18.1 Å². The Balaban J connectivity index is 1.68. The molecule has 4 nitrogen and oxygen atoms in total. The summed E-state index contributed by atoms with van der Waals surface area (Å²) < 4.78 is 53.5. The molecular weight excluding hydrogens is 370 g/mol. The lowest BCUT2D eigenvalue weighted by molar-refractivity contribution is -0.917. The maximum absolute atomic E-state index is 13.8. The van der Waals surface area contributed by atoms with Crippen LogP contribution in [0.5, 0.6) is 0 Å². The van der Waals surface area contributed by atoms with Crippen LogP contribution in [0.2, 0.25) is 5.02 Å². The molecule has 0 aliphatic carbocycles. The summed E-state index contributed by atoms with van der Waals surface area (Å²) in [5, 5.41) is 0.666. The van der Waals surface area contributed by atoms with Crippen molar-refractivity contribution >= 4 is 21.6 Å². The minimum Gasteiger partial charge on any atom is -0.329 e. The van der Waals surface area contributed by atoms with Crippen molar-refractivity contribution in [3.05, 3.63) is 64.7 Å². The molecule has 0 bridgehead atoms. The monoisotopic (exact) mass is 387 g/mol. The first kappa shape index (κ1) is 18.3. The summed E-state index contributed by atoms with van der Waals surface area (Å²) in [5.41, 5.74) is 1.08. The van der Waals surface area contributed by atoms with Crippen molar-refractivity contribution in [1.82, 2.24) is 4.31 Å². The Morgan fingerprint density at radius 2 is 1.80 bits per heavy atom. The topological polar surface area (TPSA) is 41.8 Å². The number of hydrogen-bond acceptors (Lipinski definition) is 2. The van der Waals surface area contributed by atoms with Crippen LogP contribution in [-0.4, -0.2) is 38.9 Å². The van der Waals surface area contributed by atoms with E-state index in [1.165, 1.54) is 9.21 Å². The van der Waals surface area contributed by atoms with E-state index in [2.05, 4.69) is 0 Å². The van der Waals surface area contributed by atoms with Crippen molar-refractivity contribution in [3.63, 3.8) is 0 Å². The largest absolute Gasteiger partial charge is 0.329 e. The van der Waals surface area contributed by atoms with Gasteiger partial charge in [-0.1, -0.05) is 23.7 Å². The van der Waals surface area contributed by atoms with Crippen LogP contribution < -0.4 is 4.90 Å². The predicted octanol–water partition coefficient (Wildman–Crippen LogP) is 1.71. The van der Waals surface area contributed by atoms with E-state index < -0.39 is 26.6 Å². The number of hydrogen-bond donors (Lipinski definition) is 1. The molecule has 0 unspecified atom stereocenters. The number of sulfonamides is 1. The van der Waals surface area contributed by atoms with Crippen molar-refractivity contribution < 1.29 is 22.1 Å². The molecule has 0 radical (unpaired) electrons. The van der Waals surface area contributed by atoms with Gasteiger partial charge in [0.1, 0.15) is 23.1 Å². The lowest BCUT2D eigenvalue weighted by Gasteiger charge is -2.31. The standard InChI is InChI=1S/C17H17ClF2N2O2S/c18-14-3-1-2-13(10-14)12-21-6-8-22(9-7-21)25(23,24)17-11-15(19)4-5-16(17)20/h1-5,10-11H,6-9,12H2/p+1. The Bertz CT molecular complexity index is 869. The van der Waals surface area contributed by atoms with Gasteiger partial charge in [0.2, 0.25) is 10.0 Å². The normalized spacial score (nSPS) is 16.9.